The van der Waals surface area contributed by atoms with E-state index >= 15 is 0 Å². The predicted octanol–water partition coefficient (Wildman–Crippen LogP) is 19.9. The molecule has 79 heavy (non-hydrogen) atoms. The van der Waals surface area contributed by atoms with E-state index in [0.717, 1.165) is 70.6 Å². The van der Waals surface area contributed by atoms with Crippen molar-refractivity contribution in [2.24, 2.45) is 0 Å². The number of nitrogens with zero attached hydrogens (tertiary/aromatic N) is 1. The fourth-order valence-electron chi connectivity index (χ4n) is 9.27. The van der Waals surface area contributed by atoms with E-state index in [1.165, 1.54) is 180 Å². The smallest absolute Gasteiger partial charge is 0.306 e. The molecule has 1 N–H and O–H groups in total. The van der Waals surface area contributed by atoms with Crippen LogP contribution >= 0.6 is 7.82 Å². The minimum absolute atomic E-state index is 0.0377. The van der Waals surface area contributed by atoms with E-state index in [1.54, 1.807) is 0 Å². The van der Waals surface area contributed by atoms with Crippen LogP contribution in [-0.4, -0.2) is 69.4 Å². The van der Waals surface area contributed by atoms with E-state index in [1.807, 2.05) is 45.4 Å². The lowest BCUT2D eigenvalue weighted by atomic mass is 10.0. The number of allylic oxidation sites excluding steroid dienone is 13. The van der Waals surface area contributed by atoms with Gasteiger partial charge in [-0.25, -0.2) is 0 Å². The molecule has 0 aromatic carbocycles. The van der Waals surface area contributed by atoms with Gasteiger partial charge in [-0.05, 0) is 89.5 Å². The molecular weight excluding hydrogens is 1000 g/mol. The van der Waals surface area contributed by atoms with Crippen molar-refractivity contribution in [1.82, 2.24) is 5.32 Å². The van der Waals surface area contributed by atoms with Crippen molar-refractivity contribution in [2.75, 3.05) is 40.9 Å². The first-order valence-corrected chi connectivity index (χ1v) is 34.4. The highest BCUT2D eigenvalue weighted by Gasteiger charge is 2.27. The summed E-state index contributed by atoms with van der Waals surface area (Å²) < 4.78 is 30.3. The van der Waals surface area contributed by atoms with Crippen molar-refractivity contribution in [3.63, 3.8) is 0 Å². The minimum Gasteiger partial charge on any atom is -0.756 e. The van der Waals surface area contributed by atoms with Gasteiger partial charge in [0.1, 0.15) is 19.3 Å². The highest BCUT2D eigenvalue weighted by Crippen LogP contribution is 2.38. The Morgan fingerprint density at radius 1 is 0.456 bits per heavy atom. The number of esters is 1. The van der Waals surface area contributed by atoms with Crippen LogP contribution in [0.2, 0.25) is 0 Å². The zero-order valence-corrected chi connectivity index (χ0v) is 53.2. The normalized spacial score (nSPS) is 14.2. The third kappa shape index (κ3) is 59.6. The molecule has 0 aliphatic rings. The first-order chi connectivity index (χ1) is 38.4. The highest BCUT2D eigenvalue weighted by molar-refractivity contribution is 7.45. The van der Waals surface area contributed by atoms with Gasteiger partial charge in [-0.2, -0.15) is 0 Å². The molecule has 0 aliphatic carbocycles. The second-order valence-corrected chi connectivity index (χ2v) is 24.6. The number of unbranched alkanes of at least 4 members (excludes halogenated alkanes) is 31. The first-order valence-electron chi connectivity index (χ1n) is 32.9. The van der Waals surface area contributed by atoms with Crippen LogP contribution in [0.3, 0.4) is 0 Å². The third-order valence-corrected chi connectivity index (χ3v) is 15.3. The summed E-state index contributed by atoms with van der Waals surface area (Å²) in [6.07, 6.45) is 77.3. The fraction of sp³-hybridized carbons (Fsp3) is 0.768. The van der Waals surface area contributed by atoms with Crippen LogP contribution < -0.4 is 10.2 Å². The molecule has 0 aromatic rings. The average Bonchev–Trinajstić information content (AvgIpc) is 3.41. The number of carbonyl (C=O) groups excluding carboxylic acids is 2. The van der Waals surface area contributed by atoms with E-state index < -0.39 is 26.6 Å². The van der Waals surface area contributed by atoms with Crippen LogP contribution in [0, 0.1) is 0 Å². The van der Waals surface area contributed by atoms with Gasteiger partial charge in [0.15, 0.2) is 0 Å². The predicted molar refractivity (Wildman–Crippen MR) is 339 cm³/mol. The van der Waals surface area contributed by atoms with Crippen LogP contribution in [0.4, 0.5) is 0 Å². The molecule has 0 spiro atoms. The number of quaternary nitrogens is 1. The number of nitrogens with one attached hydrogen (secondary N) is 1. The lowest BCUT2D eigenvalue weighted by Crippen LogP contribution is -2.47. The van der Waals surface area contributed by atoms with Gasteiger partial charge < -0.3 is 28.5 Å². The molecule has 0 saturated heterocycles. The number of amides is 1. The summed E-state index contributed by atoms with van der Waals surface area (Å²) in [6, 6.07) is -0.931. The number of likely N-dealkylation sites (N-methyl/N-ethyl adjacent to an activating group) is 1. The Morgan fingerprint density at radius 3 is 1.24 bits per heavy atom. The molecule has 0 bridgehead atoms. The number of rotatable bonds is 59. The molecule has 0 saturated carbocycles. The molecule has 9 nitrogen and oxygen atoms in total. The second-order valence-electron chi connectivity index (χ2n) is 23.2. The lowest BCUT2D eigenvalue weighted by Gasteiger charge is -2.30. The molecule has 3 atom stereocenters. The van der Waals surface area contributed by atoms with Crippen LogP contribution in [0.5, 0.6) is 0 Å². The summed E-state index contributed by atoms with van der Waals surface area (Å²) in [5.41, 5.74) is 0. The van der Waals surface area contributed by atoms with Crippen LogP contribution in [-0.2, 0) is 27.9 Å². The molecule has 3 unspecified atom stereocenters. The van der Waals surface area contributed by atoms with Crippen molar-refractivity contribution in [3.05, 3.63) is 85.1 Å². The number of ether oxygens (including phenoxy) is 1. The van der Waals surface area contributed by atoms with Crippen molar-refractivity contribution in [1.29, 1.82) is 0 Å². The Hall–Kier alpha value is -2.81. The van der Waals surface area contributed by atoms with Crippen molar-refractivity contribution < 1.29 is 37.3 Å². The Morgan fingerprint density at radius 2 is 0.823 bits per heavy atom. The van der Waals surface area contributed by atoms with Gasteiger partial charge in [0.25, 0.3) is 7.82 Å². The van der Waals surface area contributed by atoms with Gasteiger partial charge in [0.05, 0.1) is 33.8 Å². The van der Waals surface area contributed by atoms with Crippen molar-refractivity contribution >= 4 is 19.7 Å². The van der Waals surface area contributed by atoms with E-state index in [4.69, 9.17) is 13.8 Å². The monoisotopic (exact) mass is 1120 g/mol. The zero-order chi connectivity index (χ0) is 57.9. The largest absolute Gasteiger partial charge is 0.756 e. The fourth-order valence-corrected chi connectivity index (χ4v) is 9.99. The molecule has 0 rings (SSSR count). The summed E-state index contributed by atoms with van der Waals surface area (Å²) >= 11 is 0. The van der Waals surface area contributed by atoms with Gasteiger partial charge in [0.2, 0.25) is 5.91 Å². The summed E-state index contributed by atoms with van der Waals surface area (Å²) in [7, 11) is 1.14. The zero-order valence-electron chi connectivity index (χ0n) is 52.3. The molecule has 10 heteroatoms. The molecule has 0 fully saturated rings. The molecule has 0 radical (unpaired) electrons. The number of hydrogen-bond acceptors (Lipinski definition) is 7. The van der Waals surface area contributed by atoms with Crippen LogP contribution in [0.15, 0.2) is 85.1 Å². The standard InChI is InChI=1S/C69H125N2O7P/c1-7-10-13-16-19-22-25-28-30-32-33-34-35-36-37-38-39-40-42-44-47-50-53-56-59-62-69(73)78-67(60-57-54-51-48-45-27-24-21-18-15-12-9-3)66(65-77-79(74,75)76-64-63-71(4,5)6)70-68(72)61-58-55-52-49-46-43-41-31-29-26-23-20-17-14-11-8-2/h11,14,20,23,28-31,43,46,52,55,57,60,66-67H,7-10,12-13,15-19,21-22,24-27,32-42,44-45,47-51,53-54,56,58-59,61-65H2,1-6H3,(H-,70,72,74,75)/b14-11+,23-20+,30-28+,31-29+,46-43+,55-52+,60-57-. The lowest BCUT2D eigenvalue weighted by molar-refractivity contribution is -0.870. The van der Waals surface area contributed by atoms with Crippen molar-refractivity contribution in [3.8, 4) is 0 Å². The van der Waals surface area contributed by atoms with Gasteiger partial charge >= 0.3 is 5.97 Å². The average molecular weight is 1130 g/mol. The Bertz CT molecular complexity index is 1630. The minimum atomic E-state index is -4.72. The maximum atomic E-state index is 13.5. The number of carbonyl (C=O) groups is 2. The quantitative estimate of drug-likeness (QED) is 0.0212. The molecule has 0 heterocycles. The van der Waals surface area contributed by atoms with Crippen LogP contribution in [0.25, 0.3) is 0 Å². The van der Waals surface area contributed by atoms with Gasteiger partial charge in [-0.3, -0.25) is 14.2 Å². The van der Waals surface area contributed by atoms with E-state index in [9.17, 15) is 19.0 Å². The summed E-state index contributed by atoms with van der Waals surface area (Å²) in [6.45, 7) is 6.68. The summed E-state index contributed by atoms with van der Waals surface area (Å²) in [5, 5.41) is 2.98. The van der Waals surface area contributed by atoms with E-state index in [0.29, 0.717) is 17.4 Å². The van der Waals surface area contributed by atoms with Gasteiger partial charge in [-0.15, -0.1) is 0 Å². The number of phosphoric ester groups is 1. The van der Waals surface area contributed by atoms with E-state index in [-0.39, 0.29) is 31.3 Å². The topological polar surface area (TPSA) is 114 Å². The molecule has 0 aromatic heterocycles. The van der Waals surface area contributed by atoms with Crippen LogP contribution in [0.1, 0.15) is 290 Å². The SMILES string of the molecule is CC/C=C/C/C=C/C/C=C/C/C=C/C/C=C/CCC(=O)NC(COP(=O)([O-])OCC[N+](C)(C)C)C(/C=C\CCCCCCCCCCCC)OC(=O)CCCCCCCCCCCCCCCCC/C=C/CCCCCCCC. The van der Waals surface area contributed by atoms with Gasteiger partial charge in [-0.1, -0.05) is 273 Å². The summed E-state index contributed by atoms with van der Waals surface area (Å²) in [4.78, 5) is 40.0. The maximum absolute atomic E-state index is 13.5. The van der Waals surface area contributed by atoms with Crippen molar-refractivity contribution in [2.45, 2.75) is 303 Å². The second kappa shape index (κ2) is 58.4. The van der Waals surface area contributed by atoms with Gasteiger partial charge in [0, 0.05) is 12.8 Å². The summed E-state index contributed by atoms with van der Waals surface area (Å²) in [5.74, 6) is -0.633. The first kappa shape index (κ1) is 76.2. The molecule has 1 amide bonds. The highest BCUT2D eigenvalue weighted by atomic mass is 31.2. The Balaban J connectivity index is 5.17. The molecular formula is C69H125N2O7P. The Labute approximate surface area is 488 Å². The Kier molecular flexibility index (Phi) is 56.3. The number of hydrogen-bond donors (Lipinski definition) is 1. The molecule has 458 valence electrons. The number of phosphoric acid groups is 1. The van der Waals surface area contributed by atoms with E-state index in [2.05, 4.69) is 86.8 Å². The third-order valence-electron chi connectivity index (χ3n) is 14.3. The maximum Gasteiger partial charge on any atom is 0.306 e. The molecule has 0 aliphatic heterocycles.